The number of nitrogens with zero attached hydrogens (tertiary/aromatic N) is 1. The summed E-state index contributed by atoms with van der Waals surface area (Å²) in [5.41, 5.74) is 5.96. The molecule has 1 aromatic heterocycles. The first-order valence-corrected chi connectivity index (χ1v) is 9.24. The first-order valence-electron chi connectivity index (χ1n) is 9.24. The normalized spacial score (nSPS) is 14.5. The maximum absolute atomic E-state index is 12.3. The van der Waals surface area contributed by atoms with Gasteiger partial charge in [0.05, 0.1) is 19.0 Å². The van der Waals surface area contributed by atoms with E-state index in [4.69, 9.17) is 10.8 Å². The first-order chi connectivity index (χ1) is 14.5. The van der Waals surface area contributed by atoms with E-state index >= 15 is 0 Å². The van der Waals surface area contributed by atoms with Crippen LogP contribution in [-0.4, -0.2) is 85.7 Å². The van der Waals surface area contributed by atoms with Crippen molar-refractivity contribution in [2.24, 2.45) is 5.73 Å². The van der Waals surface area contributed by atoms with Gasteiger partial charge in [-0.25, -0.2) is 9.78 Å². The fraction of sp³-hybridized carbons (Fsp3) is 0.529. The number of nitrogens with two attached hydrogens (primary N) is 1. The minimum atomic E-state index is -1.35. The molecule has 0 radical (unpaired) electrons. The molecule has 0 saturated heterocycles. The molecule has 1 heterocycles. The summed E-state index contributed by atoms with van der Waals surface area (Å²) < 4.78 is 0. The minimum Gasteiger partial charge on any atom is -0.481 e. The SMILES string of the molecule is CC(O)C(N)C(=O)NC(CCC(=O)O)C(=O)NCC(=O)NC(Cc1cnc[nH]1)C(=O)O. The molecule has 0 bridgehead atoms. The molecule has 0 aromatic carbocycles. The maximum atomic E-state index is 12.3. The molecule has 1 rings (SSSR count). The van der Waals surface area contributed by atoms with Gasteiger partial charge in [-0.2, -0.15) is 0 Å². The van der Waals surface area contributed by atoms with Gasteiger partial charge in [-0.15, -0.1) is 0 Å². The van der Waals surface area contributed by atoms with Gasteiger partial charge in [0, 0.05) is 24.7 Å². The van der Waals surface area contributed by atoms with Gasteiger partial charge < -0.3 is 42.0 Å². The molecule has 9 N–H and O–H groups in total. The molecule has 4 atom stereocenters. The number of hydrogen-bond acceptors (Lipinski definition) is 8. The number of amides is 3. The highest BCUT2D eigenvalue weighted by Gasteiger charge is 2.27. The maximum Gasteiger partial charge on any atom is 0.326 e. The van der Waals surface area contributed by atoms with Crippen molar-refractivity contribution in [3.63, 3.8) is 0 Å². The lowest BCUT2D eigenvalue weighted by Gasteiger charge is -2.21. The van der Waals surface area contributed by atoms with E-state index in [9.17, 15) is 34.2 Å². The lowest BCUT2D eigenvalue weighted by molar-refractivity contribution is -0.141. The van der Waals surface area contributed by atoms with Crippen LogP contribution in [0.3, 0.4) is 0 Å². The van der Waals surface area contributed by atoms with E-state index in [0.29, 0.717) is 5.69 Å². The Kier molecular flexibility index (Phi) is 10.1. The fourth-order valence-corrected chi connectivity index (χ4v) is 2.38. The second-order valence-corrected chi connectivity index (χ2v) is 6.72. The van der Waals surface area contributed by atoms with E-state index in [2.05, 4.69) is 25.9 Å². The fourth-order valence-electron chi connectivity index (χ4n) is 2.38. The van der Waals surface area contributed by atoms with Crippen LogP contribution in [0.2, 0.25) is 0 Å². The van der Waals surface area contributed by atoms with E-state index in [1.807, 2.05) is 0 Å². The molecule has 14 heteroatoms. The third-order valence-corrected chi connectivity index (χ3v) is 4.14. The molecule has 14 nitrogen and oxygen atoms in total. The highest BCUT2D eigenvalue weighted by molar-refractivity contribution is 5.93. The van der Waals surface area contributed by atoms with Gasteiger partial charge in [-0.3, -0.25) is 19.2 Å². The Bertz CT molecular complexity index is 782. The predicted molar refractivity (Wildman–Crippen MR) is 103 cm³/mol. The summed E-state index contributed by atoms with van der Waals surface area (Å²) in [4.78, 5) is 64.9. The van der Waals surface area contributed by atoms with Crippen molar-refractivity contribution in [2.75, 3.05) is 6.54 Å². The quantitative estimate of drug-likeness (QED) is 0.151. The standard InChI is InChI=1S/C17H26N6O8/c1-8(24)14(18)16(29)23-10(2-3-13(26)27)15(28)20-6-12(25)22-11(17(30)31)4-9-5-19-7-21-9/h5,7-8,10-11,14,24H,2-4,6,18H2,1H3,(H,19,21)(H,20,28)(H,22,25)(H,23,29)(H,26,27)(H,30,31). The van der Waals surface area contributed by atoms with Crippen LogP contribution in [0.25, 0.3) is 0 Å². The Morgan fingerprint density at radius 1 is 1.13 bits per heavy atom. The van der Waals surface area contributed by atoms with Crippen LogP contribution < -0.4 is 21.7 Å². The molecule has 1 aromatic rings. The summed E-state index contributed by atoms with van der Waals surface area (Å²) in [7, 11) is 0. The van der Waals surface area contributed by atoms with Crippen LogP contribution in [0.4, 0.5) is 0 Å². The number of carboxylic acids is 2. The summed E-state index contributed by atoms with van der Waals surface area (Å²) in [5, 5.41) is 34.1. The zero-order valence-electron chi connectivity index (χ0n) is 16.7. The molecule has 0 aliphatic rings. The number of hydrogen-bond donors (Lipinski definition) is 8. The highest BCUT2D eigenvalue weighted by Crippen LogP contribution is 2.01. The Morgan fingerprint density at radius 2 is 1.81 bits per heavy atom. The van der Waals surface area contributed by atoms with Crippen molar-refractivity contribution in [1.82, 2.24) is 25.9 Å². The van der Waals surface area contributed by atoms with Crippen molar-refractivity contribution in [1.29, 1.82) is 0 Å². The van der Waals surface area contributed by atoms with Crippen LogP contribution in [-0.2, 0) is 30.4 Å². The van der Waals surface area contributed by atoms with E-state index in [1.165, 1.54) is 19.4 Å². The molecule has 0 saturated carbocycles. The molecule has 31 heavy (non-hydrogen) atoms. The number of aliphatic hydroxyl groups excluding tert-OH is 1. The van der Waals surface area contributed by atoms with Gasteiger partial charge in [-0.05, 0) is 13.3 Å². The number of aliphatic hydroxyl groups is 1. The number of aromatic amines is 1. The predicted octanol–water partition coefficient (Wildman–Crippen LogP) is -3.30. The largest absolute Gasteiger partial charge is 0.481 e. The lowest BCUT2D eigenvalue weighted by Crippen LogP contribution is -2.55. The highest BCUT2D eigenvalue weighted by atomic mass is 16.4. The van der Waals surface area contributed by atoms with Crippen molar-refractivity contribution in [3.8, 4) is 0 Å². The van der Waals surface area contributed by atoms with Crippen molar-refractivity contribution >= 4 is 29.7 Å². The molecular formula is C17H26N6O8. The average molecular weight is 442 g/mol. The second-order valence-electron chi connectivity index (χ2n) is 6.72. The number of aliphatic carboxylic acids is 2. The first kappa shape index (κ1) is 25.5. The third-order valence-electron chi connectivity index (χ3n) is 4.14. The number of imidazole rings is 1. The molecule has 172 valence electrons. The van der Waals surface area contributed by atoms with Gasteiger partial charge in [-0.1, -0.05) is 0 Å². The van der Waals surface area contributed by atoms with Gasteiger partial charge in [0.2, 0.25) is 17.7 Å². The monoisotopic (exact) mass is 442 g/mol. The summed E-state index contributed by atoms with van der Waals surface area (Å²) in [5.74, 6) is -5.08. The van der Waals surface area contributed by atoms with Gasteiger partial charge >= 0.3 is 11.9 Å². The van der Waals surface area contributed by atoms with E-state index < -0.39 is 66.9 Å². The number of carbonyl (C=O) groups excluding carboxylic acids is 3. The van der Waals surface area contributed by atoms with Crippen LogP contribution in [0.5, 0.6) is 0 Å². The Hall–Kier alpha value is -3.52. The molecule has 0 fully saturated rings. The molecular weight excluding hydrogens is 416 g/mol. The summed E-state index contributed by atoms with van der Waals surface area (Å²) in [6, 6.07) is -3.96. The van der Waals surface area contributed by atoms with Crippen LogP contribution in [0, 0.1) is 0 Å². The smallest absolute Gasteiger partial charge is 0.326 e. The molecule has 0 aliphatic heterocycles. The van der Waals surface area contributed by atoms with Gasteiger partial charge in [0.15, 0.2) is 0 Å². The Labute approximate surface area is 176 Å². The minimum absolute atomic E-state index is 0.0659. The number of carbonyl (C=O) groups is 5. The van der Waals surface area contributed by atoms with E-state index in [-0.39, 0.29) is 12.8 Å². The zero-order chi connectivity index (χ0) is 23.6. The number of nitrogens with one attached hydrogen (secondary N) is 4. The van der Waals surface area contributed by atoms with Gasteiger partial charge in [0.25, 0.3) is 0 Å². The number of rotatable bonds is 13. The van der Waals surface area contributed by atoms with Crippen LogP contribution in [0.1, 0.15) is 25.5 Å². The van der Waals surface area contributed by atoms with Crippen molar-refractivity contribution in [3.05, 3.63) is 18.2 Å². The summed E-state index contributed by atoms with van der Waals surface area (Å²) in [6.07, 6.45) is 0.724. The molecule has 0 aliphatic carbocycles. The Morgan fingerprint density at radius 3 is 2.32 bits per heavy atom. The zero-order valence-corrected chi connectivity index (χ0v) is 16.7. The lowest BCUT2D eigenvalue weighted by atomic mass is 10.1. The van der Waals surface area contributed by atoms with Gasteiger partial charge in [0.1, 0.15) is 18.1 Å². The van der Waals surface area contributed by atoms with Crippen LogP contribution in [0.15, 0.2) is 12.5 Å². The van der Waals surface area contributed by atoms with E-state index in [1.54, 1.807) is 0 Å². The molecule has 4 unspecified atom stereocenters. The number of carboxylic acid groups (broad SMARTS) is 2. The second kappa shape index (κ2) is 12.2. The van der Waals surface area contributed by atoms with E-state index in [0.717, 1.165) is 0 Å². The van der Waals surface area contributed by atoms with Crippen molar-refractivity contribution < 1.29 is 39.3 Å². The topological polar surface area (TPSA) is 237 Å². The number of aromatic nitrogens is 2. The van der Waals surface area contributed by atoms with Crippen molar-refractivity contribution in [2.45, 2.75) is 50.4 Å². The molecule has 3 amide bonds. The summed E-state index contributed by atoms with van der Waals surface area (Å²) >= 11 is 0. The van der Waals surface area contributed by atoms with Crippen LogP contribution >= 0.6 is 0 Å². The number of H-pyrrole nitrogens is 1. The summed E-state index contributed by atoms with van der Waals surface area (Å²) in [6.45, 7) is 0.649. The molecule has 0 spiro atoms. The third kappa shape index (κ3) is 9.22. The average Bonchev–Trinajstić information content (AvgIpc) is 3.20. The Balaban J connectivity index is 2.67.